The van der Waals surface area contributed by atoms with Gasteiger partial charge in [0.25, 0.3) is 5.56 Å². The molecule has 10 heteroatoms. The monoisotopic (exact) mass is 471 g/mol. The fourth-order valence-corrected chi connectivity index (χ4v) is 4.50. The Morgan fingerprint density at radius 3 is 2.77 bits per heavy atom. The van der Waals surface area contributed by atoms with Gasteiger partial charge in [0.15, 0.2) is 5.82 Å². The van der Waals surface area contributed by atoms with Crippen molar-refractivity contribution in [2.45, 2.75) is 32.9 Å². The molecule has 1 aliphatic rings. The number of fused-ring (bicyclic) bond motifs is 2. The number of aryl methyl sites for hydroxylation is 1. The van der Waals surface area contributed by atoms with Gasteiger partial charge in [-0.1, -0.05) is 12.1 Å². The van der Waals surface area contributed by atoms with Crippen LogP contribution in [-0.2, 0) is 17.8 Å². The van der Waals surface area contributed by atoms with Gasteiger partial charge in [-0.15, -0.1) is 0 Å². The fourth-order valence-electron chi connectivity index (χ4n) is 4.50. The number of benzene rings is 2. The summed E-state index contributed by atoms with van der Waals surface area (Å²) in [6.45, 7) is 4.35. The quantitative estimate of drug-likeness (QED) is 0.471. The maximum Gasteiger partial charge on any atom is 0.273 e. The Bertz CT molecular complexity index is 1570. The first-order valence-electron chi connectivity index (χ1n) is 11.1. The van der Waals surface area contributed by atoms with Gasteiger partial charge in [0.05, 0.1) is 23.2 Å². The van der Waals surface area contributed by atoms with Crippen LogP contribution in [0, 0.1) is 24.1 Å². The van der Waals surface area contributed by atoms with Crippen LogP contribution in [0.4, 0.5) is 4.39 Å². The van der Waals surface area contributed by atoms with Gasteiger partial charge in [-0.05, 0) is 55.2 Å². The van der Waals surface area contributed by atoms with Crippen LogP contribution in [0.15, 0.2) is 41.2 Å². The molecule has 0 fully saturated rings. The van der Waals surface area contributed by atoms with Crippen LogP contribution in [0.3, 0.4) is 0 Å². The van der Waals surface area contributed by atoms with Crippen LogP contribution in [0.1, 0.15) is 29.2 Å². The van der Waals surface area contributed by atoms with E-state index < -0.39 is 17.4 Å². The molecule has 2 aromatic heterocycles. The van der Waals surface area contributed by atoms with E-state index >= 15 is 0 Å². The minimum absolute atomic E-state index is 0.0152. The standard InChI is InChI=1S/C25H22FN7O2/c1-13-7-15(11-27)8-19(26)24(13)33-21(34)10-20-23(31-33)22(30-29-20)17-4-3-16-5-6-32(12-18(16)9-17)25(35)14(2)28/h3-4,7-10,14,29H,5-6,12,28H2,1-2H3. The van der Waals surface area contributed by atoms with E-state index in [-0.39, 0.29) is 17.2 Å². The van der Waals surface area contributed by atoms with Crippen molar-refractivity contribution in [1.29, 1.82) is 5.26 Å². The molecule has 1 amide bonds. The molecule has 0 aliphatic carbocycles. The summed E-state index contributed by atoms with van der Waals surface area (Å²) >= 11 is 0. The van der Waals surface area contributed by atoms with Gasteiger partial charge in [0.2, 0.25) is 5.91 Å². The zero-order valence-electron chi connectivity index (χ0n) is 19.2. The summed E-state index contributed by atoms with van der Waals surface area (Å²) in [7, 11) is 0. The minimum Gasteiger partial charge on any atom is -0.337 e. The molecule has 0 spiro atoms. The lowest BCUT2D eigenvalue weighted by Crippen LogP contribution is -2.44. The lowest BCUT2D eigenvalue weighted by atomic mass is 9.96. The molecule has 4 aromatic rings. The molecule has 2 aromatic carbocycles. The van der Waals surface area contributed by atoms with Gasteiger partial charge in [0, 0.05) is 24.7 Å². The second kappa shape index (κ2) is 8.45. The number of hydrogen-bond acceptors (Lipinski definition) is 6. The van der Waals surface area contributed by atoms with E-state index in [1.807, 2.05) is 24.3 Å². The van der Waals surface area contributed by atoms with Crippen molar-refractivity contribution in [3.05, 3.63) is 74.8 Å². The highest BCUT2D eigenvalue weighted by molar-refractivity contribution is 5.89. The van der Waals surface area contributed by atoms with Gasteiger partial charge in [-0.2, -0.15) is 20.1 Å². The highest BCUT2D eigenvalue weighted by atomic mass is 19.1. The third-order valence-corrected chi connectivity index (χ3v) is 6.23. The zero-order valence-corrected chi connectivity index (χ0v) is 19.2. The third-order valence-electron chi connectivity index (χ3n) is 6.23. The number of carbonyl (C=O) groups is 1. The van der Waals surface area contributed by atoms with E-state index in [1.165, 1.54) is 12.1 Å². The van der Waals surface area contributed by atoms with Crippen molar-refractivity contribution in [2.75, 3.05) is 6.54 Å². The smallest absolute Gasteiger partial charge is 0.273 e. The molecule has 176 valence electrons. The fraction of sp³-hybridized carbons (Fsp3) is 0.240. The van der Waals surface area contributed by atoms with Gasteiger partial charge < -0.3 is 10.6 Å². The molecule has 0 saturated heterocycles. The first-order valence-corrected chi connectivity index (χ1v) is 11.1. The van der Waals surface area contributed by atoms with Crippen molar-refractivity contribution >= 4 is 16.9 Å². The largest absolute Gasteiger partial charge is 0.337 e. The number of halogens is 1. The molecule has 35 heavy (non-hydrogen) atoms. The summed E-state index contributed by atoms with van der Waals surface area (Å²) in [5, 5.41) is 20.7. The maximum absolute atomic E-state index is 14.8. The number of aromatic nitrogens is 4. The minimum atomic E-state index is -0.715. The van der Waals surface area contributed by atoms with Gasteiger partial charge in [-0.3, -0.25) is 14.7 Å². The molecule has 1 unspecified atom stereocenters. The summed E-state index contributed by atoms with van der Waals surface area (Å²) in [5.74, 6) is -0.815. The first-order chi connectivity index (χ1) is 16.8. The second-order valence-corrected chi connectivity index (χ2v) is 8.75. The van der Waals surface area contributed by atoms with E-state index in [0.29, 0.717) is 35.4 Å². The van der Waals surface area contributed by atoms with Crippen LogP contribution in [0.2, 0.25) is 0 Å². The number of rotatable bonds is 3. The van der Waals surface area contributed by atoms with E-state index in [1.54, 1.807) is 18.7 Å². The number of carbonyl (C=O) groups excluding carboxylic acids is 1. The summed E-state index contributed by atoms with van der Waals surface area (Å²) in [6, 6.07) is 11.1. The van der Waals surface area contributed by atoms with Crippen LogP contribution in [-0.4, -0.2) is 43.4 Å². The van der Waals surface area contributed by atoms with E-state index in [2.05, 4.69) is 15.3 Å². The summed E-state index contributed by atoms with van der Waals surface area (Å²) in [6.07, 6.45) is 0.727. The molecular weight excluding hydrogens is 449 g/mol. The molecule has 0 saturated carbocycles. The number of nitrogens with zero attached hydrogens (tertiary/aromatic N) is 5. The highest BCUT2D eigenvalue weighted by Crippen LogP contribution is 2.29. The zero-order chi connectivity index (χ0) is 24.9. The maximum atomic E-state index is 14.8. The van der Waals surface area contributed by atoms with Crippen molar-refractivity contribution in [3.63, 3.8) is 0 Å². The Balaban J connectivity index is 1.60. The molecule has 0 radical (unpaired) electrons. The number of nitrogens with two attached hydrogens (primary N) is 1. The predicted molar refractivity (Wildman–Crippen MR) is 127 cm³/mol. The molecule has 5 rings (SSSR count). The molecular formula is C25H22FN7O2. The van der Waals surface area contributed by atoms with Crippen LogP contribution < -0.4 is 11.3 Å². The topological polar surface area (TPSA) is 134 Å². The molecule has 0 bridgehead atoms. The van der Waals surface area contributed by atoms with Gasteiger partial charge >= 0.3 is 0 Å². The van der Waals surface area contributed by atoms with E-state index in [9.17, 15) is 14.0 Å². The Hall–Kier alpha value is -4.36. The lowest BCUT2D eigenvalue weighted by Gasteiger charge is -2.30. The van der Waals surface area contributed by atoms with E-state index in [4.69, 9.17) is 11.0 Å². The van der Waals surface area contributed by atoms with E-state index in [0.717, 1.165) is 33.9 Å². The van der Waals surface area contributed by atoms with Gasteiger partial charge in [-0.25, -0.2) is 4.39 Å². The SMILES string of the molecule is Cc1cc(C#N)cc(F)c1-n1nc2c(-c3ccc4c(c3)CN(C(=O)C(C)N)CC4)n[nH]c2cc1=O. The van der Waals surface area contributed by atoms with Crippen molar-refractivity contribution in [3.8, 4) is 23.0 Å². The Labute approximate surface area is 199 Å². The number of amides is 1. The Kier molecular flexibility index (Phi) is 5.42. The van der Waals surface area contributed by atoms with Crippen molar-refractivity contribution in [2.24, 2.45) is 5.73 Å². The summed E-state index contributed by atoms with van der Waals surface area (Å²) < 4.78 is 15.8. The Morgan fingerprint density at radius 1 is 1.26 bits per heavy atom. The average Bonchev–Trinajstić information content (AvgIpc) is 3.24. The average molecular weight is 471 g/mol. The van der Waals surface area contributed by atoms with Crippen molar-refractivity contribution < 1.29 is 9.18 Å². The third kappa shape index (κ3) is 3.86. The van der Waals surface area contributed by atoms with Crippen molar-refractivity contribution in [1.82, 2.24) is 24.9 Å². The van der Waals surface area contributed by atoms with Crippen LogP contribution in [0.5, 0.6) is 0 Å². The molecule has 3 N–H and O–H groups in total. The van der Waals surface area contributed by atoms with Gasteiger partial charge in [0.1, 0.15) is 16.9 Å². The summed E-state index contributed by atoms with van der Waals surface area (Å²) in [4.78, 5) is 26.9. The molecule has 3 heterocycles. The second-order valence-electron chi connectivity index (χ2n) is 8.75. The van der Waals surface area contributed by atoms with Crippen LogP contribution >= 0.6 is 0 Å². The van der Waals surface area contributed by atoms with Crippen LogP contribution in [0.25, 0.3) is 28.0 Å². The molecule has 1 aliphatic heterocycles. The summed E-state index contributed by atoms with van der Waals surface area (Å²) in [5.41, 5.74) is 9.99. The molecule has 1 atom stereocenters. The lowest BCUT2D eigenvalue weighted by molar-refractivity contribution is -0.133. The Morgan fingerprint density at radius 2 is 2.06 bits per heavy atom. The predicted octanol–water partition coefficient (Wildman–Crippen LogP) is 2.33. The number of hydrogen-bond donors (Lipinski definition) is 2. The number of nitrogens with one attached hydrogen (secondary N) is 1. The molecule has 9 nitrogen and oxygen atoms in total. The number of nitriles is 1. The number of aromatic amines is 1. The highest BCUT2D eigenvalue weighted by Gasteiger charge is 2.24. The number of H-pyrrole nitrogens is 1. The first kappa shape index (κ1) is 22.4. The normalized spacial score (nSPS) is 14.0.